The lowest BCUT2D eigenvalue weighted by atomic mass is 9.97. The molecule has 0 bridgehead atoms. The Balaban J connectivity index is 1.75. The average Bonchev–Trinajstić information content (AvgIpc) is 2.84. The lowest BCUT2D eigenvalue weighted by Crippen LogP contribution is -2.45. The predicted octanol–water partition coefficient (Wildman–Crippen LogP) is 5.29. The van der Waals surface area contributed by atoms with Gasteiger partial charge in [-0.05, 0) is 55.1 Å². The number of hydrogen-bond acceptors (Lipinski definition) is 4. The Labute approximate surface area is 192 Å². The number of carbonyl (C=O) groups excluding carboxylic acids is 1. The molecule has 1 aliphatic rings. The molecular formula is C27H26F2N2O2. The summed E-state index contributed by atoms with van der Waals surface area (Å²) >= 11 is 0. The van der Waals surface area contributed by atoms with Crippen molar-refractivity contribution in [3.63, 3.8) is 0 Å². The zero-order valence-electron chi connectivity index (χ0n) is 18.7. The first kappa shape index (κ1) is 22.7. The largest absolute Gasteiger partial charge is 0.496 e. The third kappa shape index (κ3) is 4.96. The van der Waals surface area contributed by atoms with Gasteiger partial charge >= 0.3 is 0 Å². The molecule has 0 aliphatic carbocycles. The Morgan fingerprint density at radius 1 is 0.939 bits per heavy atom. The predicted molar refractivity (Wildman–Crippen MR) is 128 cm³/mol. The van der Waals surface area contributed by atoms with E-state index < -0.39 is 11.6 Å². The number of nitrogens with zero attached hydrogens (tertiary/aromatic N) is 2. The summed E-state index contributed by atoms with van der Waals surface area (Å²) < 4.78 is 33.6. The topological polar surface area (TPSA) is 32.8 Å². The minimum Gasteiger partial charge on any atom is -0.496 e. The van der Waals surface area contributed by atoms with Crippen molar-refractivity contribution in [2.24, 2.45) is 0 Å². The summed E-state index contributed by atoms with van der Waals surface area (Å²) in [5.74, 6) is -1.03. The number of allylic oxidation sites excluding steroid dienone is 1. The average molecular weight is 449 g/mol. The SMILES string of the molecule is COc1ccccc1-c1ccc(N2CCN(C)CC2)c(C(=O)C=Cc2c(F)cccc2F)c1. The lowest BCUT2D eigenvalue weighted by molar-refractivity contribution is 0.104. The second-order valence-corrected chi connectivity index (χ2v) is 8.06. The number of hydrogen-bond donors (Lipinski definition) is 0. The van der Waals surface area contributed by atoms with Crippen LogP contribution in [0, 0.1) is 11.6 Å². The minimum absolute atomic E-state index is 0.229. The number of ether oxygens (including phenoxy) is 1. The third-order valence-electron chi connectivity index (χ3n) is 5.93. The van der Waals surface area contributed by atoms with Crippen LogP contribution in [0.5, 0.6) is 5.75 Å². The van der Waals surface area contributed by atoms with Crippen molar-refractivity contribution in [1.29, 1.82) is 0 Å². The number of carbonyl (C=O) groups is 1. The van der Waals surface area contributed by atoms with Crippen molar-refractivity contribution >= 4 is 17.5 Å². The summed E-state index contributed by atoms with van der Waals surface area (Å²) in [6.45, 7) is 3.35. The molecule has 1 heterocycles. The molecule has 0 N–H and O–H groups in total. The van der Waals surface area contributed by atoms with Crippen molar-refractivity contribution in [2.75, 3.05) is 45.2 Å². The van der Waals surface area contributed by atoms with Crippen molar-refractivity contribution in [1.82, 2.24) is 4.90 Å². The maximum absolute atomic E-state index is 14.0. The van der Waals surface area contributed by atoms with E-state index in [1.807, 2.05) is 42.5 Å². The van der Waals surface area contributed by atoms with Crippen molar-refractivity contribution in [2.45, 2.75) is 0 Å². The number of benzene rings is 3. The zero-order chi connectivity index (χ0) is 23.4. The van der Waals surface area contributed by atoms with E-state index in [2.05, 4.69) is 16.8 Å². The molecule has 0 unspecified atom stereocenters. The van der Waals surface area contributed by atoms with Gasteiger partial charge in [0.2, 0.25) is 0 Å². The maximum Gasteiger partial charge on any atom is 0.187 e. The van der Waals surface area contributed by atoms with Crippen LogP contribution in [0.1, 0.15) is 15.9 Å². The van der Waals surface area contributed by atoms with Crippen LogP contribution in [0.25, 0.3) is 17.2 Å². The molecule has 3 aromatic carbocycles. The summed E-state index contributed by atoms with van der Waals surface area (Å²) in [5.41, 5.74) is 2.76. The van der Waals surface area contributed by atoms with Gasteiger partial charge in [-0.2, -0.15) is 0 Å². The zero-order valence-corrected chi connectivity index (χ0v) is 18.7. The standard InChI is InChI=1S/C27H26F2N2O2/c1-30-14-16-31(17-15-30)25-12-10-19(20-6-3-4-9-27(20)33-2)18-22(25)26(32)13-11-21-23(28)7-5-8-24(21)29/h3-13,18H,14-17H2,1-2H3. The molecule has 1 fully saturated rings. The number of methoxy groups -OCH3 is 1. The number of likely N-dealkylation sites (N-methyl/N-ethyl adjacent to an activating group) is 1. The van der Waals surface area contributed by atoms with E-state index in [1.165, 1.54) is 30.4 Å². The molecule has 0 saturated carbocycles. The van der Waals surface area contributed by atoms with E-state index in [9.17, 15) is 13.6 Å². The minimum atomic E-state index is -0.707. The highest BCUT2D eigenvalue weighted by Crippen LogP contribution is 2.34. The molecule has 0 amide bonds. The quantitative estimate of drug-likeness (QED) is 0.379. The van der Waals surface area contributed by atoms with Gasteiger partial charge in [-0.15, -0.1) is 0 Å². The normalized spacial score (nSPS) is 14.6. The second-order valence-electron chi connectivity index (χ2n) is 8.06. The number of anilines is 1. The van der Waals surface area contributed by atoms with Gasteiger partial charge < -0.3 is 14.5 Å². The molecule has 1 saturated heterocycles. The van der Waals surface area contributed by atoms with E-state index in [4.69, 9.17) is 4.74 Å². The van der Waals surface area contributed by atoms with E-state index in [0.29, 0.717) is 11.3 Å². The Hall–Kier alpha value is -3.51. The van der Waals surface area contributed by atoms with Gasteiger partial charge in [0.25, 0.3) is 0 Å². The highest BCUT2D eigenvalue weighted by Gasteiger charge is 2.21. The fourth-order valence-corrected chi connectivity index (χ4v) is 4.03. The summed E-state index contributed by atoms with van der Waals surface area (Å²) in [4.78, 5) is 17.7. The lowest BCUT2D eigenvalue weighted by Gasteiger charge is -2.35. The summed E-state index contributed by atoms with van der Waals surface area (Å²) in [7, 11) is 3.68. The Kier molecular flexibility index (Phi) is 6.84. The molecule has 0 atom stereocenters. The number of para-hydroxylation sites is 1. The molecule has 0 radical (unpaired) electrons. The van der Waals surface area contributed by atoms with Gasteiger partial charge in [-0.1, -0.05) is 30.3 Å². The summed E-state index contributed by atoms with van der Waals surface area (Å²) in [6, 6.07) is 17.0. The first-order valence-electron chi connectivity index (χ1n) is 10.9. The molecule has 3 aromatic rings. The number of piperazine rings is 1. The highest BCUT2D eigenvalue weighted by molar-refractivity contribution is 6.11. The number of halogens is 2. The van der Waals surface area contributed by atoms with Gasteiger partial charge in [0.05, 0.1) is 7.11 Å². The van der Waals surface area contributed by atoms with Crippen LogP contribution in [-0.4, -0.2) is 51.0 Å². The van der Waals surface area contributed by atoms with E-state index >= 15 is 0 Å². The van der Waals surface area contributed by atoms with Crippen LogP contribution in [0.2, 0.25) is 0 Å². The van der Waals surface area contributed by atoms with Crippen molar-refractivity contribution in [3.8, 4) is 16.9 Å². The van der Waals surface area contributed by atoms with E-state index in [1.54, 1.807) is 7.11 Å². The van der Waals surface area contributed by atoms with Gasteiger partial charge in [0.1, 0.15) is 17.4 Å². The van der Waals surface area contributed by atoms with Crippen LogP contribution in [0.4, 0.5) is 14.5 Å². The molecule has 6 heteroatoms. The van der Waals surface area contributed by atoms with E-state index in [-0.39, 0.29) is 11.3 Å². The fraction of sp³-hybridized carbons (Fsp3) is 0.222. The summed E-state index contributed by atoms with van der Waals surface area (Å²) in [6.07, 6.45) is 2.44. The molecule has 1 aliphatic heterocycles. The second kappa shape index (κ2) is 9.96. The van der Waals surface area contributed by atoms with Crippen LogP contribution >= 0.6 is 0 Å². The van der Waals surface area contributed by atoms with Gasteiger partial charge in [0.15, 0.2) is 5.78 Å². The van der Waals surface area contributed by atoms with Crippen molar-refractivity contribution < 1.29 is 18.3 Å². The van der Waals surface area contributed by atoms with Crippen LogP contribution in [-0.2, 0) is 0 Å². The molecular weight excluding hydrogens is 422 g/mol. The first-order valence-corrected chi connectivity index (χ1v) is 10.9. The maximum atomic E-state index is 14.0. The van der Waals surface area contributed by atoms with E-state index in [0.717, 1.165) is 43.0 Å². The van der Waals surface area contributed by atoms with Crippen LogP contribution in [0.3, 0.4) is 0 Å². The van der Waals surface area contributed by atoms with Gasteiger partial charge in [0, 0.05) is 48.6 Å². The summed E-state index contributed by atoms with van der Waals surface area (Å²) in [5, 5.41) is 0. The smallest absolute Gasteiger partial charge is 0.187 e. The third-order valence-corrected chi connectivity index (χ3v) is 5.93. The Bertz CT molecular complexity index is 1160. The van der Waals surface area contributed by atoms with Crippen LogP contribution in [0.15, 0.2) is 66.7 Å². The molecule has 0 spiro atoms. The monoisotopic (exact) mass is 448 g/mol. The van der Waals surface area contributed by atoms with Gasteiger partial charge in [-0.3, -0.25) is 4.79 Å². The molecule has 4 nitrogen and oxygen atoms in total. The molecule has 4 rings (SSSR count). The van der Waals surface area contributed by atoms with Crippen molar-refractivity contribution in [3.05, 3.63) is 89.5 Å². The highest BCUT2D eigenvalue weighted by atomic mass is 19.1. The number of rotatable bonds is 6. The Morgan fingerprint density at radius 2 is 1.64 bits per heavy atom. The molecule has 33 heavy (non-hydrogen) atoms. The Morgan fingerprint density at radius 3 is 2.33 bits per heavy atom. The van der Waals surface area contributed by atoms with Crippen LogP contribution < -0.4 is 9.64 Å². The molecule has 0 aromatic heterocycles. The first-order chi connectivity index (χ1) is 16.0. The van der Waals surface area contributed by atoms with Gasteiger partial charge in [-0.25, -0.2) is 8.78 Å². The fourth-order valence-electron chi connectivity index (χ4n) is 4.03. The molecule has 170 valence electrons. The number of ketones is 1.